The molecule has 0 bridgehead atoms. The number of aryl methyl sites for hydroxylation is 1. The zero-order valence-corrected chi connectivity index (χ0v) is 22.6. The highest BCUT2D eigenvalue weighted by Crippen LogP contribution is 2.31. The Hall–Kier alpha value is -4.52. The molecule has 1 aromatic carbocycles. The molecule has 3 amide bonds. The van der Waals surface area contributed by atoms with Crippen LogP contribution >= 0.6 is 0 Å². The molecule has 40 heavy (non-hydrogen) atoms. The van der Waals surface area contributed by atoms with E-state index in [-0.39, 0.29) is 29.4 Å². The molecule has 0 saturated heterocycles. The molecule has 1 atom stereocenters. The Labute approximate surface area is 231 Å². The first-order chi connectivity index (χ1) is 19.1. The largest absolute Gasteiger partial charge is 0.427 e. The molecule has 2 aliphatic carbocycles. The van der Waals surface area contributed by atoms with Gasteiger partial charge in [-0.2, -0.15) is 0 Å². The summed E-state index contributed by atoms with van der Waals surface area (Å²) >= 11 is 0. The Kier molecular flexibility index (Phi) is 8.63. The number of imide groups is 1. The molecule has 13 heteroatoms. The van der Waals surface area contributed by atoms with Crippen LogP contribution in [0.3, 0.4) is 0 Å². The fourth-order valence-corrected chi connectivity index (χ4v) is 3.86. The molecule has 1 aromatic heterocycles. The van der Waals surface area contributed by atoms with Gasteiger partial charge in [0.1, 0.15) is 6.04 Å². The number of aliphatic imine (C=N–C) groups is 2. The molecule has 2 aromatic rings. The smallest absolute Gasteiger partial charge is 0.419 e. The average molecular weight is 552 g/mol. The summed E-state index contributed by atoms with van der Waals surface area (Å²) in [5, 5.41) is 2.96. The van der Waals surface area contributed by atoms with Crippen molar-refractivity contribution < 1.29 is 28.7 Å². The van der Waals surface area contributed by atoms with Crippen LogP contribution < -0.4 is 16.8 Å². The van der Waals surface area contributed by atoms with Crippen LogP contribution in [0.1, 0.15) is 70.1 Å². The maximum Gasteiger partial charge on any atom is 0.419 e. The van der Waals surface area contributed by atoms with Crippen LogP contribution in [0.25, 0.3) is 0 Å². The van der Waals surface area contributed by atoms with Gasteiger partial charge in [0, 0.05) is 23.8 Å². The SMILES string of the molecule is Cc1ccc(C(=O)N(C(=O)OCOC(=O)C(C)N)C2CC2)cc1N=C(N=CN)c1[nH]cc(C(=O)NC2CC2)c1C. The van der Waals surface area contributed by atoms with Gasteiger partial charge in [-0.3, -0.25) is 14.4 Å². The number of nitrogens with zero attached hydrogens (tertiary/aromatic N) is 3. The van der Waals surface area contributed by atoms with Crippen LogP contribution in [0.4, 0.5) is 10.5 Å². The molecule has 2 aliphatic rings. The van der Waals surface area contributed by atoms with Crippen LogP contribution in [0.2, 0.25) is 0 Å². The maximum absolute atomic E-state index is 13.4. The number of hydrogen-bond donors (Lipinski definition) is 4. The number of benzene rings is 1. The summed E-state index contributed by atoms with van der Waals surface area (Å²) < 4.78 is 9.80. The number of ether oxygens (including phenoxy) is 2. The lowest BCUT2D eigenvalue weighted by molar-refractivity contribution is -0.153. The number of aromatic nitrogens is 1. The van der Waals surface area contributed by atoms with Gasteiger partial charge >= 0.3 is 12.1 Å². The van der Waals surface area contributed by atoms with Gasteiger partial charge in [0.05, 0.1) is 23.3 Å². The maximum atomic E-state index is 13.4. The summed E-state index contributed by atoms with van der Waals surface area (Å²) in [7, 11) is 0. The van der Waals surface area contributed by atoms with Crippen molar-refractivity contribution in [1.82, 2.24) is 15.2 Å². The lowest BCUT2D eigenvalue weighted by Crippen LogP contribution is -2.40. The summed E-state index contributed by atoms with van der Waals surface area (Å²) in [6, 6.07) is 3.84. The number of carbonyl (C=O) groups excluding carboxylic acids is 4. The van der Waals surface area contributed by atoms with Crippen LogP contribution in [0, 0.1) is 13.8 Å². The van der Waals surface area contributed by atoms with Crippen LogP contribution in [0.15, 0.2) is 34.4 Å². The first kappa shape index (κ1) is 28.5. The Morgan fingerprint density at radius 1 is 1.18 bits per heavy atom. The number of carbonyl (C=O) groups is 4. The second-order valence-electron chi connectivity index (χ2n) is 9.85. The zero-order valence-electron chi connectivity index (χ0n) is 22.6. The fourth-order valence-electron chi connectivity index (χ4n) is 3.86. The second kappa shape index (κ2) is 12.1. The van der Waals surface area contributed by atoms with Gasteiger partial charge in [-0.05, 0) is 69.7 Å². The van der Waals surface area contributed by atoms with Gasteiger partial charge in [-0.15, -0.1) is 0 Å². The minimum Gasteiger partial charge on any atom is -0.427 e. The number of H-pyrrole nitrogens is 1. The Morgan fingerprint density at radius 2 is 1.90 bits per heavy atom. The van der Waals surface area contributed by atoms with Crippen molar-refractivity contribution in [3.63, 3.8) is 0 Å². The first-order valence-electron chi connectivity index (χ1n) is 13.0. The van der Waals surface area contributed by atoms with Gasteiger partial charge in [0.25, 0.3) is 11.8 Å². The summed E-state index contributed by atoms with van der Waals surface area (Å²) in [5.74, 6) is -1.28. The third-order valence-electron chi connectivity index (χ3n) is 6.48. The first-order valence-corrected chi connectivity index (χ1v) is 13.0. The summed E-state index contributed by atoms with van der Waals surface area (Å²) in [5.41, 5.74) is 14.0. The van der Waals surface area contributed by atoms with E-state index in [9.17, 15) is 19.2 Å². The second-order valence-corrected chi connectivity index (χ2v) is 9.85. The third-order valence-corrected chi connectivity index (χ3v) is 6.48. The number of amides is 3. The zero-order chi connectivity index (χ0) is 29.0. The predicted molar refractivity (Wildman–Crippen MR) is 146 cm³/mol. The molecule has 0 spiro atoms. The topological polar surface area (TPSA) is 195 Å². The third kappa shape index (κ3) is 6.72. The van der Waals surface area contributed by atoms with Gasteiger partial charge in [-0.1, -0.05) is 6.07 Å². The molecule has 1 unspecified atom stereocenters. The Bertz CT molecular complexity index is 1370. The number of nitrogens with one attached hydrogen (secondary N) is 2. The normalized spacial score (nSPS) is 15.9. The van der Waals surface area contributed by atoms with Crippen molar-refractivity contribution >= 4 is 41.7 Å². The minimum absolute atomic E-state index is 0.179. The molecule has 0 aliphatic heterocycles. The van der Waals surface area contributed by atoms with Gasteiger partial charge in [0.2, 0.25) is 6.79 Å². The highest BCUT2D eigenvalue weighted by Gasteiger charge is 2.39. The lowest BCUT2D eigenvalue weighted by atomic mass is 10.1. The molecule has 1 heterocycles. The molecule has 0 radical (unpaired) electrons. The number of amidine groups is 1. The van der Waals surface area contributed by atoms with Crippen LogP contribution in [-0.2, 0) is 14.3 Å². The molecule has 13 nitrogen and oxygen atoms in total. The van der Waals surface area contributed by atoms with E-state index in [4.69, 9.17) is 20.9 Å². The molecule has 6 N–H and O–H groups in total. The van der Waals surface area contributed by atoms with Crippen molar-refractivity contribution in [2.45, 2.75) is 64.6 Å². The summed E-state index contributed by atoms with van der Waals surface area (Å²) in [6.07, 6.45) is 4.97. The van der Waals surface area contributed by atoms with Gasteiger partial charge in [-0.25, -0.2) is 19.7 Å². The number of esters is 1. The van der Waals surface area contributed by atoms with Crippen molar-refractivity contribution in [2.75, 3.05) is 6.79 Å². The monoisotopic (exact) mass is 551 g/mol. The molecular weight excluding hydrogens is 518 g/mol. The van der Waals surface area contributed by atoms with E-state index in [0.29, 0.717) is 35.3 Å². The summed E-state index contributed by atoms with van der Waals surface area (Å²) in [4.78, 5) is 63.2. The van der Waals surface area contributed by atoms with E-state index in [1.54, 1.807) is 31.3 Å². The van der Waals surface area contributed by atoms with Gasteiger partial charge in [0.15, 0.2) is 5.84 Å². The highest BCUT2D eigenvalue weighted by atomic mass is 16.7. The highest BCUT2D eigenvalue weighted by molar-refractivity contribution is 6.08. The molecular formula is C27H33N7O6. The van der Waals surface area contributed by atoms with Crippen LogP contribution in [0.5, 0.6) is 0 Å². The number of rotatable bonds is 9. The van der Waals surface area contributed by atoms with Crippen molar-refractivity contribution in [1.29, 1.82) is 0 Å². The van der Waals surface area contributed by atoms with E-state index < -0.39 is 30.8 Å². The van der Waals surface area contributed by atoms with Crippen molar-refractivity contribution in [3.8, 4) is 0 Å². The van der Waals surface area contributed by atoms with E-state index in [1.165, 1.54) is 6.92 Å². The molecule has 212 valence electrons. The summed E-state index contributed by atoms with van der Waals surface area (Å²) in [6.45, 7) is 4.38. The standard InChI is InChI=1S/C27H33N7O6/c1-14-4-5-17(25(36)34(19-8-9-19)27(38)40-13-39-26(37)16(3)29)10-21(14)33-23(31-12-28)22-15(2)20(11-30-22)24(35)32-18-6-7-18/h4-5,10-12,16,18-19,30H,6-9,13,29H2,1-3H3,(H,32,35)(H2,28,31,33). The van der Waals surface area contributed by atoms with Gasteiger partial charge < -0.3 is 31.2 Å². The van der Waals surface area contributed by atoms with E-state index in [2.05, 4.69) is 20.3 Å². The van der Waals surface area contributed by atoms with E-state index in [1.807, 2.05) is 6.92 Å². The fraction of sp³-hybridized carbons (Fsp3) is 0.407. The number of nitrogens with two attached hydrogens (primary N) is 2. The predicted octanol–water partition coefficient (Wildman–Crippen LogP) is 2.18. The quantitative estimate of drug-likeness (QED) is 0.157. The molecule has 4 rings (SSSR count). The van der Waals surface area contributed by atoms with E-state index >= 15 is 0 Å². The molecule has 2 saturated carbocycles. The lowest BCUT2D eigenvalue weighted by Gasteiger charge is -2.20. The Balaban J connectivity index is 1.57. The number of hydrogen-bond acceptors (Lipinski definition) is 8. The van der Waals surface area contributed by atoms with Crippen LogP contribution in [-0.4, -0.2) is 70.9 Å². The number of aromatic amines is 1. The molecule has 2 fully saturated rings. The Morgan fingerprint density at radius 3 is 2.52 bits per heavy atom. The van der Waals surface area contributed by atoms with Crippen molar-refractivity contribution in [2.24, 2.45) is 21.5 Å². The minimum atomic E-state index is -0.928. The van der Waals surface area contributed by atoms with Crippen molar-refractivity contribution in [3.05, 3.63) is 52.3 Å². The van der Waals surface area contributed by atoms with E-state index in [0.717, 1.165) is 29.6 Å². The average Bonchev–Trinajstić information content (AvgIpc) is 3.85.